The van der Waals surface area contributed by atoms with Crippen LogP contribution in [0.15, 0.2) is 65.1 Å². The molecule has 0 spiro atoms. The molecule has 0 aliphatic heterocycles. The van der Waals surface area contributed by atoms with E-state index in [9.17, 15) is 4.79 Å². The number of hydrogen-bond acceptors (Lipinski definition) is 3. The minimum Gasteiger partial charge on any atom is -0.478 e. The molecule has 130 valence electrons. The first-order chi connectivity index (χ1) is 11.6. The quantitative estimate of drug-likeness (QED) is 0.633. The molecule has 0 aliphatic rings. The highest BCUT2D eigenvalue weighted by atomic mass is 35.5. The van der Waals surface area contributed by atoms with Crippen molar-refractivity contribution in [2.24, 2.45) is 0 Å². The number of benzene rings is 2. The maximum Gasteiger partial charge on any atom is 0.335 e. The topological polar surface area (TPSA) is 62.5 Å². The third-order valence-corrected chi connectivity index (χ3v) is 3.87. The largest absolute Gasteiger partial charge is 0.478 e. The highest BCUT2D eigenvalue weighted by Crippen LogP contribution is 2.23. The molecule has 3 rings (SSSR count). The van der Waals surface area contributed by atoms with Crippen LogP contribution in [0.5, 0.6) is 0 Å². The van der Waals surface area contributed by atoms with Gasteiger partial charge in [0.2, 0.25) is 0 Å². The van der Waals surface area contributed by atoms with E-state index in [4.69, 9.17) is 21.1 Å². The van der Waals surface area contributed by atoms with Crippen molar-refractivity contribution in [3.05, 3.63) is 82.6 Å². The lowest BCUT2D eigenvalue weighted by atomic mass is 10.1. The van der Waals surface area contributed by atoms with Crippen LogP contribution < -0.4 is 5.32 Å². The fourth-order valence-electron chi connectivity index (χ4n) is 2.34. The van der Waals surface area contributed by atoms with Crippen LogP contribution in [-0.2, 0) is 13.1 Å². The number of aromatic carboxylic acids is 1. The molecule has 2 aromatic carbocycles. The Hall–Kier alpha value is -2.27. The zero-order chi connectivity index (χ0) is 16.9. The number of hydrogen-bond donors (Lipinski definition) is 2. The second kappa shape index (κ2) is 8.72. The lowest BCUT2D eigenvalue weighted by molar-refractivity contribution is 0.0697. The summed E-state index contributed by atoms with van der Waals surface area (Å²) in [7, 11) is 0. The van der Waals surface area contributed by atoms with Crippen molar-refractivity contribution in [3.8, 4) is 11.3 Å². The van der Waals surface area contributed by atoms with Gasteiger partial charge in [0.05, 0.1) is 12.1 Å². The predicted molar refractivity (Wildman–Crippen MR) is 100 cm³/mol. The maximum atomic E-state index is 10.8. The Morgan fingerprint density at radius 1 is 0.960 bits per heavy atom. The standard InChI is InChI=1S/C19H16ClNO3.ClH/c20-16-7-5-14(6-8-16)18-10-9-17(24-18)12-21-11-13-1-3-15(4-2-13)19(22)23;/h1-10,21H,11-12H2,(H,22,23);1H. The summed E-state index contributed by atoms with van der Waals surface area (Å²) in [4.78, 5) is 10.8. The monoisotopic (exact) mass is 377 g/mol. The molecule has 1 heterocycles. The van der Waals surface area contributed by atoms with E-state index in [0.717, 1.165) is 22.6 Å². The van der Waals surface area contributed by atoms with Gasteiger partial charge in [0.15, 0.2) is 0 Å². The Bertz CT molecular complexity index is 827. The molecule has 0 amide bonds. The summed E-state index contributed by atoms with van der Waals surface area (Å²) in [6.45, 7) is 1.23. The van der Waals surface area contributed by atoms with E-state index in [1.54, 1.807) is 24.3 Å². The van der Waals surface area contributed by atoms with Crippen molar-refractivity contribution >= 4 is 30.0 Å². The number of nitrogens with one attached hydrogen (secondary N) is 1. The van der Waals surface area contributed by atoms with Crippen LogP contribution in [0.4, 0.5) is 0 Å². The number of rotatable bonds is 6. The van der Waals surface area contributed by atoms with Crippen molar-refractivity contribution in [2.45, 2.75) is 13.1 Å². The van der Waals surface area contributed by atoms with Crippen LogP contribution in [0.1, 0.15) is 21.7 Å². The summed E-state index contributed by atoms with van der Waals surface area (Å²) in [6, 6.07) is 18.2. The fraction of sp³-hybridized carbons (Fsp3) is 0.105. The molecule has 0 fully saturated rings. The van der Waals surface area contributed by atoms with Crippen LogP contribution in [0.2, 0.25) is 5.02 Å². The molecule has 4 nitrogen and oxygen atoms in total. The number of halogens is 2. The lowest BCUT2D eigenvalue weighted by Crippen LogP contribution is -2.12. The molecule has 1 aromatic heterocycles. The number of furan rings is 1. The van der Waals surface area contributed by atoms with Gasteiger partial charge in [-0.15, -0.1) is 12.4 Å². The van der Waals surface area contributed by atoms with E-state index in [-0.39, 0.29) is 18.0 Å². The number of carboxylic acids is 1. The van der Waals surface area contributed by atoms with Crippen LogP contribution in [0, 0.1) is 0 Å². The third kappa shape index (κ3) is 5.10. The molecule has 0 radical (unpaired) electrons. The number of carboxylic acid groups (broad SMARTS) is 1. The van der Waals surface area contributed by atoms with Gasteiger partial charge in [-0.25, -0.2) is 4.79 Å². The Balaban J connectivity index is 0.00000225. The van der Waals surface area contributed by atoms with Gasteiger partial charge < -0.3 is 14.8 Å². The first kappa shape index (κ1) is 19.1. The maximum absolute atomic E-state index is 10.8. The van der Waals surface area contributed by atoms with Crippen LogP contribution in [0.25, 0.3) is 11.3 Å². The van der Waals surface area contributed by atoms with Crippen molar-refractivity contribution < 1.29 is 14.3 Å². The zero-order valence-electron chi connectivity index (χ0n) is 13.2. The van der Waals surface area contributed by atoms with Crippen molar-refractivity contribution in [1.82, 2.24) is 5.32 Å². The molecule has 0 saturated heterocycles. The summed E-state index contributed by atoms with van der Waals surface area (Å²) in [5, 5.41) is 12.9. The molecule has 0 saturated carbocycles. The molecular weight excluding hydrogens is 361 g/mol. The smallest absolute Gasteiger partial charge is 0.335 e. The number of carbonyl (C=O) groups is 1. The van der Waals surface area contributed by atoms with Crippen LogP contribution in [-0.4, -0.2) is 11.1 Å². The summed E-state index contributed by atoms with van der Waals surface area (Å²) >= 11 is 5.88. The fourth-order valence-corrected chi connectivity index (χ4v) is 2.46. The van der Waals surface area contributed by atoms with E-state index >= 15 is 0 Å². The Morgan fingerprint density at radius 3 is 2.28 bits per heavy atom. The van der Waals surface area contributed by atoms with E-state index in [1.807, 2.05) is 36.4 Å². The summed E-state index contributed by atoms with van der Waals surface area (Å²) in [6.07, 6.45) is 0. The van der Waals surface area contributed by atoms with E-state index in [2.05, 4.69) is 5.32 Å². The lowest BCUT2D eigenvalue weighted by Gasteiger charge is -2.04. The molecular formula is C19H17Cl2NO3. The Labute approximate surface area is 156 Å². The predicted octanol–water partition coefficient (Wildman–Crippen LogP) is 5.01. The molecule has 6 heteroatoms. The summed E-state index contributed by atoms with van der Waals surface area (Å²) in [5.41, 5.74) is 2.29. The molecule has 2 N–H and O–H groups in total. The van der Waals surface area contributed by atoms with Gasteiger partial charge in [0, 0.05) is 17.1 Å². The normalized spacial score (nSPS) is 10.3. The second-order valence-electron chi connectivity index (χ2n) is 5.38. The molecule has 3 aromatic rings. The van der Waals surface area contributed by atoms with Gasteiger partial charge in [-0.2, -0.15) is 0 Å². The SMILES string of the molecule is Cl.O=C(O)c1ccc(CNCc2ccc(-c3ccc(Cl)cc3)o2)cc1. The zero-order valence-corrected chi connectivity index (χ0v) is 14.8. The molecule has 25 heavy (non-hydrogen) atoms. The van der Waals surface area contributed by atoms with Gasteiger partial charge in [-0.3, -0.25) is 0 Å². The molecule has 0 bridgehead atoms. The molecule has 0 atom stereocenters. The highest BCUT2D eigenvalue weighted by Gasteiger charge is 2.05. The highest BCUT2D eigenvalue weighted by molar-refractivity contribution is 6.30. The van der Waals surface area contributed by atoms with Crippen LogP contribution >= 0.6 is 24.0 Å². The first-order valence-electron chi connectivity index (χ1n) is 7.49. The third-order valence-electron chi connectivity index (χ3n) is 3.62. The molecule has 0 unspecified atom stereocenters. The van der Waals surface area contributed by atoms with Gasteiger partial charge in [0.1, 0.15) is 11.5 Å². The van der Waals surface area contributed by atoms with Crippen molar-refractivity contribution in [2.75, 3.05) is 0 Å². The summed E-state index contributed by atoms with van der Waals surface area (Å²) in [5.74, 6) is 0.719. The van der Waals surface area contributed by atoms with E-state index in [0.29, 0.717) is 18.1 Å². The first-order valence-corrected chi connectivity index (χ1v) is 7.87. The Kier molecular flexibility index (Phi) is 6.65. The van der Waals surface area contributed by atoms with Crippen LogP contribution in [0.3, 0.4) is 0 Å². The van der Waals surface area contributed by atoms with Crippen molar-refractivity contribution in [1.29, 1.82) is 0 Å². The minimum absolute atomic E-state index is 0. The van der Waals surface area contributed by atoms with Gasteiger partial charge in [-0.05, 0) is 54.1 Å². The average Bonchev–Trinajstić information content (AvgIpc) is 3.05. The van der Waals surface area contributed by atoms with E-state index in [1.165, 1.54) is 0 Å². The van der Waals surface area contributed by atoms with Gasteiger partial charge in [0.25, 0.3) is 0 Å². The summed E-state index contributed by atoms with van der Waals surface area (Å²) < 4.78 is 5.81. The van der Waals surface area contributed by atoms with Gasteiger partial charge in [-0.1, -0.05) is 23.7 Å². The average molecular weight is 378 g/mol. The Morgan fingerprint density at radius 2 is 1.64 bits per heavy atom. The van der Waals surface area contributed by atoms with E-state index < -0.39 is 5.97 Å². The van der Waals surface area contributed by atoms with Gasteiger partial charge >= 0.3 is 5.97 Å². The minimum atomic E-state index is -0.917. The second-order valence-corrected chi connectivity index (χ2v) is 5.81. The molecule has 0 aliphatic carbocycles. The van der Waals surface area contributed by atoms with Crippen molar-refractivity contribution in [3.63, 3.8) is 0 Å².